The third-order valence-corrected chi connectivity index (χ3v) is 4.20. The number of carbonyl (C=O) groups excluding carboxylic acids is 2. The molecule has 0 saturated carbocycles. The van der Waals surface area contributed by atoms with Crippen molar-refractivity contribution in [3.05, 3.63) is 35.9 Å². The van der Waals surface area contributed by atoms with Crippen LogP contribution in [0.2, 0.25) is 0 Å². The zero-order chi connectivity index (χ0) is 21.4. The molecule has 1 aliphatic rings. The van der Waals surface area contributed by atoms with Crippen molar-refractivity contribution in [2.24, 2.45) is 0 Å². The first-order valence-electron chi connectivity index (χ1n) is 9.55. The predicted octanol–water partition coefficient (Wildman–Crippen LogP) is 1.15. The summed E-state index contributed by atoms with van der Waals surface area (Å²) in [4.78, 5) is 38.5. The number of piperazine rings is 1. The van der Waals surface area contributed by atoms with Crippen LogP contribution >= 0.6 is 0 Å². The van der Waals surface area contributed by atoms with Crippen LogP contribution in [0.4, 0.5) is 4.79 Å². The van der Waals surface area contributed by atoms with Gasteiger partial charge in [-0.3, -0.25) is 9.69 Å². The van der Waals surface area contributed by atoms with Crippen molar-refractivity contribution in [2.75, 3.05) is 32.7 Å². The first-order chi connectivity index (χ1) is 13.7. The van der Waals surface area contributed by atoms with Crippen molar-refractivity contribution >= 4 is 18.0 Å². The lowest BCUT2D eigenvalue weighted by atomic mass is 10.0. The summed E-state index contributed by atoms with van der Waals surface area (Å²) >= 11 is 0. The van der Waals surface area contributed by atoms with Crippen molar-refractivity contribution in [1.82, 2.24) is 15.5 Å². The Labute approximate surface area is 170 Å². The maximum Gasteiger partial charge on any atom is 0.408 e. The molecule has 0 radical (unpaired) electrons. The molecule has 0 spiro atoms. The van der Waals surface area contributed by atoms with E-state index in [1.54, 1.807) is 51.1 Å². The lowest BCUT2D eigenvalue weighted by Crippen LogP contribution is -2.48. The zero-order valence-corrected chi connectivity index (χ0v) is 17.0. The van der Waals surface area contributed by atoms with Crippen molar-refractivity contribution in [1.29, 1.82) is 0 Å². The van der Waals surface area contributed by atoms with Crippen LogP contribution in [0.1, 0.15) is 32.4 Å². The number of aliphatic carboxylic acids is 1. The summed E-state index contributed by atoms with van der Waals surface area (Å²) in [6.45, 7) is 7.94. The van der Waals surface area contributed by atoms with Gasteiger partial charge >= 0.3 is 18.0 Å². The molecular formula is C20H29N3O6. The molecule has 0 aliphatic carbocycles. The van der Waals surface area contributed by atoms with E-state index in [2.05, 4.69) is 10.6 Å². The number of carboxylic acids is 1. The molecule has 29 heavy (non-hydrogen) atoms. The Bertz CT molecular complexity index is 698. The van der Waals surface area contributed by atoms with E-state index in [9.17, 15) is 19.5 Å². The van der Waals surface area contributed by atoms with Gasteiger partial charge in [-0.25, -0.2) is 9.59 Å². The van der Waals surface area contributed by atoms with E-state index in [-0.39, 0.29) is 6.54 Å². The number of hydrogen-bond donors (Lipinski definition) is 3. The summed E-state index contributed by atoms with van der Waals surface area (Å²) < 4.78 is 10.5. The average Bonchev–Trinajstić information content (AvgIpc) is 2.64. The van der Waals surface area contributed by atoms with Gasteiger partial charge in [0.25, 0.3) is 0 Å². The Kier molecular flexibility index (Phi) is 7.98. The van der Waals surface area contributed by atoms with Gasteiger partial charge < -0.3 is 25.2 Å². The summed E-state index contributed by atoms with van der Waals surface area (Å²) in [7, 11) is 0. The molecule has 2 rings (SSSR count). The molecule has 1 heterocycles. The van der Waals surface area contributed by atoms with E-state index in [1.807, 2.05) is 4.90 Å². The smallest absolute Gasteiger partial charge is 0.408 e. The zero-order valence-electron chi connectivity index (χ0n) is 17.0. The highest BCUT2D eigenvalue weighted by atomic mass is 16.6. The maximum atomic E-state index is 12.4. The summed E-state index contributed by atoms with van der Waals surface area (Å²) in [6, 6.07) is 7.39. The summed E-state index contributed by atoms with van der Waals surface area (Å²) in [5.74, 6) is -2.02. The number of hydrogen-bond acceptors (Lipinski definition) is 7. The van der Waals surface area contributed by atoms with Gasteiger partial charge in [0.05, 0.1) is 6.54 Å². The number of esters is 1. The van der Waals surface area contributed by atoms with Gasteiger partial charge in [0.1, 0.15) is 11.6 Å². The third-order valence-electron chi connectivity index (χ3n) is 4.20. The number of alkyl carbamates (subject to hydrolysis) is 1. The minimum atomic E-state index is -1.60. The van der Waals surface area contributed by atoms with E-state index in [0.717, 1.165) is 13.1 Å². The van der Waals surface area contributed by atoms with Gasteiger partial charge in [0.2, 0.25) is 6.10 Å². The molecule has 0 unspecified atom stereocenters. The van der Waals surface area contributed by atoms with Crippen LogP contribution < -0.4 is 10.6 Å². The number of carboxylic acid groups (broad SMARTS) is 1. The Morgan fingerprint density at radius 1 is 1.17 bits per heavy atom. The molecule has 9 heteroatoms. The summed E-state index contributed by atoms with van der Waals surface area (Å²) in [5, 5.41) is 15.4. The van der Waals surface area contributed by atoms with Gasteiger partial charge in [0, 0.05) is 26.2 Å². The molecule has 9 nitrogen and oxygen atoms in total. The summed E-state index contributed by atoms with van der Waals surface area (Å²) in [6.07, 6.45) is -2.39. The van der Waals surface area contributed by atoms with E-state index >= 15 is 0 Å². The van der Waals surface area contributed by atoms with Crippen LogP contribution in [0, 0.1) is 0 Å². The molecule has 0 aromatic heterocycles. The number of nitrogens with zero attached hydrogens (tertiary/aromatic N) is 1. The normalized spacial score (nSPS) is 17.1. The number of nitrogens with one attached hydrogen (secondary N) is 2. The van der Waals surface area contributed by atoms with Crippen LogP contribution in [-0.2, 0) is 19.1 Å². The van der Waals surface area contributed by atoms with Crippen molar-refractivity contribution < 1.29 is 29.0 Å². The molecule has 1 amide bonds. The van der Waals surface area contributed by atoms with Crippen LogP contribution in [0.5, 0.6) is 0 Å². The molecule has 0 bridgehead atoms. The molecule has 3 N–H and O–H groups in total. The minimum absolute atomic E-state index is 0.0145. The minimum Gasteiger partial charge on any atom is -0.478 e. The molecule has 1 aromatic carbocycles. The van der Waals surface area contributed by atoms with E-state index in [4.69, 9.17) is 9.47 Å². The highest BCUT2D eigenvalue weighted by Crippen LogP contribution is 2.21. The molecule has 1 aliphatic heterocycles. The van der Waals surface area contributed by atoms with Crippen molar-refractivity contribution in [3.8, 4) is 0 Å². The SMILES string of the molecule is CC(C)(C)OC(=O)N[C@@H](c1ccccc1)[C@@H](OC(=O)CN1CCNCC1)C(=O)O. The van der Waals surface area contributed by atoms with E-state index in [0.29, 0.717) is 18.7 Å². The fourth-order valence-electron chi connectivity index (χ4n) is 2.92. The average molecular weight is 407 g/mol. The van der Waals surface area contributed by atoms with Crippen LogP contribution in [0.15, 0.2) is 30.3 Å². The Balaban J connectivity index is 2.16. The van der Waals surface area contributed by atoms with Gasteiger partial charge in [-0.2, -0.15) is 0 Å². The van der Waals surface area contributed by atoms with Crippen molar-refractivity contribution in [2.45, 2.75) is 38.5 Å². The van der Waals surface area contributed by atoms with Crippen molar-refractivity contribution in [3.63, 3.8) is 0 Å². The van der Waals surface area contributed by atoms with Gasteiger partial charge in [-0.15, -0.1) is 0 Å². The number of carbonyl (C=O) groups is 3. The monoisotopic (exact) mass is 407 g/mol. The molecule has 1 fully saturated rings. The number of amides is 1. The maximum absolute atomic E-state index is 12.4. The second-order valence-electron chi connectivity index (χ2n) is 7.81. The first-order valence-corrected chi connectivity index (χ1v) is 9.55. The molecule has 1 aromatic rings. The topological polar surface area (TPSA) is 117 Å². The number of ether oxygens (including phenoxy) is 2. The standard InChI is InChI=1S/C20H29N3O6/c1-20(2,3)29-19(27)22-16(14-7-5-4-6-8-14)17(18(25)26)28-15(24)13-23-11-9-21-10-12-23/h4-8,16-17,21H,9-13H2,1-3H3,(H,22,27)(H,25,26)/t16-,17+/m0/s1. The van der Waals surface area contributed by atoms with E-state index in [1.165, 1.54) is 0 Å². The predicted molar refractivity (Wildman–Crippen MR) is 105 cm³/mol. The highest BCUT2D eigenvalue weighted by Gasteiger charge is 2.35. The third kappa shape index (κ3) is 7.71. The number of rotatable bonds is 7. The van der Waals surface area contributed by atoms with Crippen LogP contribution in [0.3, 0.4) is 0 Å². The van der Waals surface area contributed by atoms with E-state index < -0.39 is 35.8 Å². The Morgan fingerprint density at radius 3 is 2.34 bits per heavy atom. The first kappa shape index (κ1) is 22.6. The molecule has 160 valence electrons. The van der Waals surface area contributed by atoms with Gasteiger partial charge in [-0.05, 0) is 26.3 Å². The van der Waals surface area contributed by atoms with Crippen LogP contribution in [-0.4, -0.2) is 72.5 Å². The van der Waals surface area contributed by atoms with Gasteiger partial charge in [-0.1, -0.05) is 30.3 Å². The Hall–Kier alpha value is -2.65. The molecule has 2 atom stereocenters. The highest BCUT2D eigenvalue weighted by molar-refractivity contribution is 5.81. The van der Waals surface area contributed by atoms with Gasteiger partial charge in [0.15, 0.2) is 0 Å². The van der Waals surface area contributed by atoms with Crippen LogP contribution in [0.25, 0.3) is 0 Å². The largest absolute Gasteiger partial charge is 0.478 e. The Morgan fingerprint density at radius 2 is 1.79 bits per heavy atom. The fraction of sp³-hybridized carbons (Fsp3) is 0.550. The quantitative estimate of drug-likeness (QED) is 0.577. The lowest BCUT2D eigenvalue weighted by molar-refractivity contribution is -0.167. The second kappa shape index (κ2) is 10.2. The second-order valence-corrected chi connectivity index (χ2v) is 7.81. The fourth-order valence-corrected chi connectivity index (χ4v) is 2.92. The summed E-state index contributed by atoms with van der Waals surface area (Å²) in [5.41, 5.74) is -0.274. The number of benzene rings is 1. The molecule has 1 saturated heterocycles. The lowest BCUT2D eigenvalue weighted by Gasteiger charge is -2.29. The molecular weight excluding hydrogens is 378 g/mol.